The van der Waals surface area contributed by atoms with E-state index >= 15 is 0 Å². The average molecular weight is 318 g/mol. The smallest absolute Gasteiger partial charge is 0.240 e. The number of nitrogens with one attached hydrogen (secondary N) is 1. The maximum Gasteiger partial charge on any atom is 0.240 e. The van der Waals surface area contributed by atoms with Gasteiger partial charge in [-0.05, 0) is 43.2 Å². The molecule has 0 spiro atoms. The number of sulfonamides is 1. The van der Waals surface area contributed by atoms with Crippen LogP contribution in [0.5, 0.6) is 0 Å². The first-order valence-electron chi connectivity index (χ1n) is 6.53. The highest BCUT2D eigenvalue weighted by atomic mass is 32.2. The molecule has 1 aromatic rings. The summed E-state index contributed by atoms with van der Waals surface area (Å²) in [7, 11) is -3.62. The van der Waals surface area contributed by atoms with Gasteiger partial charge in [0, 0.05) is 23.9 Å². The van der Waals surface area contributed by atoms with Crippen LogP contribution < -0.4 is 10.5 Å². The maximum absolute atomic E-state index is 13.7. The standard InChI is InChI=1S/C13H19FN2O2S2/c1-9-5-12(6-10(7-15)13(9)14)20(17,18)16-11-3-2-4-19-8-11/h5-6,11,16H,2-4,7-8,15H2,1H3. The van der Waals surface area contributed by atoms with E-state index in [1.165, 1.54) is 12.1 Å². The molecule has 0 amide bonds. The van der Waals surface area contributed by atoms with Crippen LogP contribution in [-0.4, -0.2) is 26.0 Å². The van der Waals surface area contributed by atoms with Gasteiger partial charge in [-0.15, -0.1) is 0 Å². The van der Waals surface area contributed by atoms with E-state index in [-0.39, 0.29) is 23.0 Å². The summed E-state index contributed by atoms with van der Waals surface area (Å²) in [5, 5.41) is 0. The number of hydrogen-bond acceptors (Lipinski definition) is 4. The van der Waals surface area contributed by atoms with E-state index in [1.54, 1.807) is 18.7 Å². The van der Waals surface area contributed by atoms with E-state index in [1.807, 2.05) is 0 Å². The van der Waals surface area contributed by atoms with Gasteiger partial charge in [0.05, 0.1) is 4.90 Å². The normalized spacial score (nSPS) is 20.1. The summed E-state index contributed by atoms with van der Waals surface area (Å²) in [6.07, 6.45) is 1.85. The second-order valence-electron chi connectivity index (χ2n) is 4.95. The summed E-state index contributed by atoms with van der Waals surface area (Å²) in [5.74, 6) is 1.42. The van der Waals surface area contributed by atoms with E-state index in [9.17, 15) is 12.8 Å². The van der Waals surface area contributed by atoms with Crippen molar-refractivity contribution >= 4 is 21.8 Å². The van der Waals surface area contributed by atoms with E-state index in [0.29, 0.717) is 5.56 Å². The fourth-order valence-corrected chi connectivity index (χ4v) is 4.81. The van der Waals surface area contributed by atoms with Gasteiger partial charge in [0.15, 0.2) is 0 Å². The van der Waals surface area contributed by atoms with Gasteiger partial charge in [0.1, 0.15) is 5.82 Å². The molecule has 1 aliphatic rings. The van der Waals surface area contributed by atoms with Gasteiger partial charge in [-0.25, -0.2) is 17.5 Å². The zero-order chi connectivity index (χ0) is 14.8. The third kappa shape index (κ3) is 3.52. The maximum atomic E-state index is 13.7. The van der Waals surface area contributed by atoms with E-state index < -0.39 is 15.8 Å². The predicted octanol–water partition coefficient (Wildman–Crippen LogP) is 1.77. The topological polar surface area (TPSA) is 72.2 Å². The lowest BCUT2D eigenvalue weighted by Gasteiger charge is -2.22. The Kier molecular flexibility index (Phi) is 5.06. The Bertz CT molecular complexity index is 584. The Hall–Kier alpha value is -0.630. The number of nitrogens with two attached hydrogens (primary N) is 1. The largest absolute Gasteiger partial charge is 0.326 e. The van der Waals surface area contributed by atoms with Crippen molar-refractivity contribution in [2.24, 2.45) is 5.73 Å². The van der Waals surface area contributed by atoms with Gasteiger partial charge >= 0.3 is 0 Å². The number of rotatable bonds is 4. The summed E-state index contributed by atoms with van der Waals surface area (Å²) in [6.45, 7) is 1.53. The van der Waals surface area contributed by atoms with Crippen LogP contribution in [0, 0.1) is 12.7 Å². The van der Waals surface area contributed by atoms with Gasteiger partial charge in [-0.2, -0.15) is 11.8 Å². The molecule has 1 aliphatic heterocycles. The first-order chi connectivity index (χ1) is 9.44. The molecule has 0 aliphatic carbocycles. The molecule has 112 valence electrons. The van der Waals surface area contributed by atoms with Crippen molar-refractivity contribution in [3.05, 3.63) is 29.1 Å². The number of thioether (sulfide) groups is 1. The Balaban J connectivity index is 2.26. The highest BCUT2D eigenvalue weighted by Crippen LogP contribution is 2.22. The van der Waals surface area contributed by atoms with Crippen LogP contribution in [0.15, 0.2) is 17.0 Å². The fraction of sp³-hybridized carbons (Fsp3) is 0.538. The Labute approximate surface area is 123 Å². The Morgan fingerprint density at radius 2 is 2.25 bits per heavy atom. The van der Waals surface area contributed by atoms with Gasteiger partial charge < -0.3 is 5.73 Å². The second-order valence-corrected chi connectivity index (χ2v) is 7.82. The van der Waals surface area contributed by atoms with Crippen LogP contribution >= 0.6 is 11.8 Å². The molecule has 2 rings (SSSR count). The van der Waals surface area contributed by atoms with Gasteiger partial charge in [-0.1, -0.05) is 0 Å². The molecule has 3 N–H and O–H groups in total. The molecular weight excluding hydrogens is 299 g/mol. The average Bonchev–Trinajstić information content (AvgIpc) is 2.42. The summed E-state index contributed by atoms with van der Waals surface area (Å²) >= 11 is 1.75. The van der Waals surface area contributed by atoms with Crippen LogP contribution in [-0.2, 0) is 16.6 Å². The molecule has 1 unspecified atom stereocenters. The zero-order valence-corrected chi connectivity index (χ0v) is 13.0. The third-order valence-electron chi connectivity index (χ3n) is 3.32. The molecule has 0 aromatic heterocycles. The Morgan fingerprint density at radius 1 is 1.50 bits per heavy atom. The third-order valence-corrected chi connectivity index (χ3v) is 6.03. The minimum Gasteiger partial charge on any atom is -0.326 e. The van der Waals surface area contributed by atoms with Crippen molar-refractivity contribution in [1.82, 2.24) is 4.72 Å². The molecule has 1 fully saturated rings. The number of hydrogen-bond donors (Lipinski definition) is 2. The molecular formula is C13H19FN2O2S2. The fourth-order valence-electron chi connectivity index (χ4n) is 2.23. The van der Waals surface area contributed by atoms with Crippen LogP contribution in [0.25, 0.3) is 0 Å². The van der Waals surface area contributed by atoms with Gasteiger partial charge in [0.25, 0.3) is 0 Å². The van der Waals surface area contributed by atoms with Crippen molar-refractivity contribution in [1.29, 1.82) is 0 Å². The molecule has 0 radical (unpaired) electrons. The zero-order valence-electron chi connectivity index (χ0n) is 11.4. The summed E-state index contributed by atoms with van der Waals surface area (Å²) in [6, 6.07) is 2.62. The van der Waals surface area contributed by atoms with Crippen molar-refractivity contribution in [2.75, 3.05) is 11.5 Å². The summed E-state index contributed by atoms with van der Waals surface area (Å²) in [4.78, 5) is 0.0902. The van der Waals surface area contributed by atoms with E-state index in [2.05, 4.69) is 4.72 Å². The second kappa shape index (κ2) is 6.43. The van der Waals surface area contributed by atoms with Crippen molar-refractivity contribution in [2.45, 2.75) is 37.2 Å². The lowest BCUT2D eigenvalue weighted by atomic mass is 10.1. The molecule has 1 saturated heterocycles. The molecule has 7 heteroatoms. The summed E-state index contributed by atoms with van der Waals surface area (Å²) < 4.78 is 41.1. The van der Waals surface area contributed by atoms with E-state index in [0.717, 1.165) is 24.3 Å². The van der Waals surface area contributed by atoms with Gasteiger partial charge in [0.2, 0.25) is 10.0 Å². The molecule has 1 heterocycles. The van der Waals surface area contributed by atoms with Crippen LogP contribution in [0.2, 0.25) is 0 Å². The van der Waals surface area contributed by atoms with E-state index in [4.69, 9.17) is 5.73 Å². The van der Waals surface area contributed by atoms with Gasteiger partial charge in [-0.3, -0.25) is 0 Å². The first-order valence-corrected chi connectivity index (χ1v) is 9.17. The van der Waals surface area contributed by atoms with Crippen molar-refractivity contribution in [3.63, 3.8) is 0 Å². The van der Waals surface area contributed by atoms with Crippen LogP contribution in [0.4, 0.5) is 4.39 Å². The molecule has 4 nitrogen and oxygen atoms in total. The lowest BCUT2D eigenvalue weighted by Crippen LogP contribution is -2.38. The van der Waals surface area contributed by atoms with Crippen LogP contribution in [0.1, 0.15) is 24.0 Å². The van der Waals surface area contributed by atoms with Crippen molar-refractivity contribution < 1.29 is 12.8 Å². The minimum atomic E-state index is -3.62. The first kappa shape index (κ1) is 15.8. The quantitative estimate of drug-likeness (QED) is 0.887. The molecule has 1 atom stereocenters. The lowest BCUT2D eigenvalue weighted by molar-refractivity contribution is 0.542. The highest BCUT2D eigenvalue weighted by molar-refractivity contribution is 7.99. The Morgan fingerprint density at radius 3 is 2.85 bits per heavy atom. The molecule has 0 bridgehead atoms. The summed E-state index contributed by atoms with van der Waals surface area (Å²) in [5.41, 5.74) is 5.98. The highest BCUT2D eigenvalue weighted by Gasteiger charge is 2.23. The number of aryl methyl sites for hydroxylation is 1. The minimum absolute atomic E-state index is 0.0185. The number of benzene rings is 1. The predicted molar refractivity (Wildman–Crippen MR) is 79.7 cm³/mol. The SMILES string of the molecule is Cc1cc(S(=O)(=O)NC2CCCSC2)cc(CN)c1F. The monoisotopic (exact) mass is 318 g/mol. The van der Waals surface area contributed by atoms with Crippen molar-refractivity contribution in [3.8, 4) is 0 Å². The number of halogens is 1. The van der Waals surface area contributed by atoms with Crippen LogP contribution in [0.3, 0.4) is 0 Å². The molecule has 1 aromatic carbocycles. The molecule has 20 heavy (non-hydrogen) atoms. The molecule has 0 saturated carbocycles.